The molecule has 0 saturated carbocycles. The molecule has 0 unspecified atom stereocenters. The van der Waals surface area contributed by atoms with E-state index in [9.17, 15) is 18.5 Å². The molecule has 0 aliphatic carbocycles. The van der Waals surface area contributed by atoms with Gasteiger partial charge in [0.25, 0.3) is 15.7 Å². The molecule has 4 rings (SSSR count). The molecule has 4 aromatic rings. The summed E-state index contributed by atoms with van der Waals surface area (Å²) in [5, 5.41) is 15.2. The molecule has 0 atom stereocenters. The summed E-state index contributed by atoms with van der Waals surface area (Å²) in [6, 6.07) is 12.5. The van der Waals surface area contributed by atoms with Gasteiger partial charge in [0.1, 0.15) is 12.1 Å². The lowest BCUT2D eigenvalue weighted by Gasteiger charge is -2.10. The topological polar surface area (TPSA) is 142 Å². The van der Waals surface area contributed by atoms with Crippen molar-refractivity contribution < 1.29 is 18.1 Å². The zero-order valence-electron chi connectivity index (χ0n) is 18.5. The minimum Gasteiger partial charge on any atom is -0.439 e. The number of nitrogens with one attached hydrogen (secondary N) is 1. The van der Waals surface area contributed by atoms with Gasteiger partial charge in [0.05, 0.1) is 15.5 Å². The lowest BCUT2D eigenvalue weighted by Crippen LogP contribution is -2.12. The van der Waals surface area contributed by atoms with Gasteiger partial charge in [-0.15, -0.1) is 0 Å². The van der Waals surface area contributed by atoms with Crippen LogP contribution in [-0.4, -0.2) is 33.1 Å². The van der Waals surface area contributed by atoms with Crippen LogP contribution in [0.15, 0.2) is 65.8 Å². The molecule has 2 heterocycles. The SMILES string of the molecule is Cc1nn(-c2cc(Oc3ccc(NS(=O)(=O)c4ccc([N+](=O)[O-])cc4)cc3)ncn2)c(C)c1C. The Labute approximate surface area is 195 Å². The van der Waals surface area contributed by atoms with Crippen LogP contribution in [0.5, 0.6) is 11.6 Å². The molecule has 0 radical (unpaired) electrons. The van der Waals surface area contributed by atoms with Gasteiger partial charge in [-0.05, 0) is 62.7 Å². The van der Waals surface area contributed by atoms with E-state index >= 15 is 0 Å². The normalized spacial score (nSPS) is 11.3. The summed E-state index contributed by atoms with van der Waals surface area (Å²) in [5.41, 5.74) is 3.05. The van der Waals surface area contributed by atoms with Gasteiger partial charge < -0.3 is 4.74 Å². The van der Waals surface area contributed by atoms with Gasteiger partial charge in [-0.3, -0.25) is 14.8 Å². The molecule has 0 bridgehead atoms. The zero-order chi connectivity index (χ0) is 24.5. The Kier molecular flexibility index (Phi) is 5.99. The second-order valence-corrected chi connectivity index (χ2v) is 9.09. The van der Waals surface area contributed by atoms with Crippen molar-refractivity contribution in [1.29, 1.82) is 0 Å². The fourth-order valence-corrected chi connectivity index (χ4v) is 4.18. The highest BCUT2D eigenvalue weighted by Crippen LogP contribution is 2.25. The van der Waals surface area contributed by atoms with E-state index in [4.69, 9.17) is 4.74 Å². The van der Waals surface area contributed by atoms with Crippen LogP contribution in [0, 0.1) is 30.9 Å². The summed E-state index contributed by atoms with van der Waals surface area (Å²) in [7, 11) is -3.91. The number of rotatable bonds is 7. The van der Waals surface area contributed by atoms with Crippen LogP contribution in [0.4, 0.5) is 11.4 Å². The van der Waals surface area contributed by atoms with E-state index in [1.165, 1.54) is 30.6 Å². The quantitative estimate of drug-likeness (QED) is 0.308. The maximum atomic E-state index is 12.5. The molecule has 11 nitrogen and oxygen atoms in total. The van der Waals surface area contributed by atoms with Crippen molar-refractivity contribution in [2.45, 2.75) is 25.7 Å². The molecule has 2 aromatic heterocycles. The van der Waals surface area contributed by atoms with Crippen LogP contribution in [-0.2, 0) is 10.0 Å². The number of sulfonamides is 1. The lowest BCUT2D eigenvalue weighted by molar-refractivity contribution is -0.384. The maximum absolute atomic E-state index is 12.5. The van der Waals surface area contributed by atoms with Crippen LogP contribution in [0.2, 0.25) is 0 Å². The fraction of sp³-hybridized carbons (Fsp3) is 0.136. The average Bonchev–Trinajstić information content (AvgIpc) is 3.08. The number of aryl methyl sites for hydroxylation is 1. The summed E-state index contributed by atoms with van der Waals surface area (Å²) >= 11 is 0. The van der Waals surface area contributed by atoms with E-state index in [2.05, 4.69) is 19.8 Å². The molecular weight excluding hydrogens is 460 g/mol. The number of hydrogen-bond donors (Lipinski definition) is 1. The van der Waals surface area contributed by atoms with Crippen LogP contribution in [0.1, 0.15) is 17.0 Å². The summed E-state index contributed by atoms with van der Waals surface area (Å²) in [4.78, 5) is 18.5. The van der Waals surface area contributed by atoms with Gasteiger partial charge in [-0.25, -0.2) is 23.1 Å². The van der Waals surface area contributed by atoms with Crippen molar-refractivity contribution in [3.05, 3.63) is 88.0 Å². The largest absolute Gasteiger partial charge is 0.439 e. The number of nitrogens with zero attached hydrogens (tertiary/aromatic N) is 5. The summed E-state index contributed by atoms with van der Waals surface area (Å²) < 4.78 is 35.0. The molecule has 0 amide bonds. The third kappa shape index (κ3) is 4.71. The Bertz CT molecular complexity index is 1460. The second kappa shape index (κ2) is 8.90. The first-order valence-corrected chi connectivity index (χ1v) is 11.5. The van der Waals surface area contributed by atoms with Crippen molar-refractivity contribution >= 4 is 21.4 Å². The first-order chi connectivity index (χ1) is 16.1. The minimum absolute atomic E-state index is 0.0914. The minimum atomic E-state index is -3.91. The molecule has 0 saturated heterocycles. The molecule has 34 heavy (non-hydrogen) atoms. The summed E-state index contributed by atoms with van der Waals surface area (Å²) in [6.07, 6.45) is 1.38. The monoisotopic (exact) mass is 480 g/mol. The number of nitro groups is 1. The standard InChI is InChI=1S/C22H20N6O5S/c1-14-15(2)25-27(16(14)3)21-12-22(24-13-23-21)33-19-8-4-17(5-9-19)26-34(31,32)20-10-6-18(7-11-20)28(29)30/h4-13,26H,1-3H3. The number of benzene rings is 2. The molecule has 0 spiro atoms. The van der Waals surface area contributed by atoms with Gasteiger partial charge in [-0.2, -0.15) is 5.10 Å². The Hall–Kier alpha value is -4.32. The average molecular weight is 481 g/mol. The van der Waals surface area contributed by atoms with E-state index in [0.717, 1.165) is 29.1 Å². The third-order valence-corrected chi connectivity index (χ3v) is 6.58. The van der Waals surface area contributed by atoms with Crippen molar-refractivity contribution in [3.63, 3.8) is 0 Å². The smallest absolute Gasteiger partial charge is 0.269 e. The van der Waals surface area contributed by atoms with Crippen molar-refractivity contribution in [2.75, 3.05) is 4.72 Å². The number of aromatic nitrogens is 4. The Morgan fingerprint density at radius 1 is 1.00 bits per heavy atom. The van der Waals surface area contributed by atoms with E-state index in [0.29, 0.717) is 23.1 Å². The molecule has 2 aromatic carbocycles. The molecule has 0 fully saturated rings. The molecule has 12 heteroatoms. The van der Waals surface area contributed by atoms with Gasteiger partial charge in [0.15, 0.2) is 5.82 Å². The van der Waals surface area contributed by atoms with Crippen LogP contribution in [0.25, 0.3) is 5.82 Å². The number of hydrogen-bond acceptors (Lipinski definition) is 8. The van der Waals surface area contributed by atoms with E-state index in [1.807, 2.05) is 20.8 Å². The van der Waals surface area contributed by atoms with Gasteiger partial charge in [0, 0.05) is 29.6 Å². The molecular formula is C22H20N6O5S. The molecule has 0 aliphatic heterocycles. The van der Waals surface area contributed by atoms with Crippen molar-refractivity contribution in [1.82, 2.24) is 19.7 Å². The maximum Gasteiger partial charge on any atom is 0.269 e. The predicted molar refractivity (Wildman–Crippen MR) is 124 cm³/mol. The highest BCUT2D eigenvalue weighted by molar-refractivity contribution is 7.92. The first kappa shape index (κ1) is 22.9. The van der Waals surface area contributed by atoms with Crippen LogP contribution in [0.3, 0.4) is 0 Å². The van der Waals surface area contributed by atoms with E-state index in [1.54, 1.807) is 22.9 Å². The third-order valence-electron chi connectivity index (χ3n) is 5.18. The Morgan fingerprint density at radius 3 is 2.26 bits per heavy atom. The van der Waals surface area contributed by atoms with Crippen LogP contribution >= 0.6 is 0 Å². The van der Waals surface area contributed by atoms with E-state index < -0.39 is 14.9 Å². The molecule has 0 aliphatic rings. The highest BCUT2D eigenvalue weighted by Gasteiger charge is 2.16. The Morgan fingerprint density at radius 2 is 1.68 bits per heavy atom. The number of anilines is 1. The summed E-state index contributed by atoms with van der Waals surface area (Å²) in [5.74, 6) is 1.30. The fourth-order valence-electron chi connectivity index (χ4n) is 3.12. The van der Waals surface area contributed by atoms with Gasteiger partial charge in [0.2, 0.25) is 5.88 Å². The zero-order valence-corrected chi connectivity index (χ0v) is 19.3. The van der Waals surface area contributed by atoms with Gasteiger partial charge >= 0.3 is 0 Å². The number of non-ortho nitro benzene ring substituents is 1. The second-order valence-electron chi connectivity index (χ2n) is 7.41. The Balaban J connectivity index is 1.48. The van der Waals surface area contributed by atoms with Crippen molar-refractivity contribution in [3.8, 4) is 17.4 Å². The summed E-state index contributed by atoms with van der Waals surface area (Å²) in [6.45, 7) is 5.87. The lowest BCUT2D eigenvalue weighted by atomic mass is 10.2. The number of ether oxygens (including phenoxy) is 1. The van der Waals surface area contributed by atoms with E-state index in [-0.39, 0.29) is 10.6 Å². The van der Waals surface area contributed by atoms with Gasteiger partial charge in [-0.1, -0.05) is 0 Å². The predicted octanol–water partition coefficient (Wildman–Crippen LogP) is 4.09. The first-order valence-electron chi connectivity index (χ1n) is 10.0. The van der Waals surface area contributed by atoms with Crippen molar-refractivity contribution in [2.24, 2.45) is 0 Å². The van der Waals surface area contributed by atoms with Crippen LogP contribution < -0.4 is 9.46 Å². The molecule has 1 N–H and O–H groups in total. The molecule has 174 valence electrons. The highest BCUT2D eigenvalue weighted by atomic mass is 32.2. The number of nitro benzene ring substituents is 1.